The Labute approximate surface area is 111 Å². The third-order valence-corrected chi connectivity index (χ3v) is 4.73. The maximum absolute atomic E-state index is 2.47. The lowest BCUT2D eigenvalue weighted by atomic mass is 9.73. The van der Waals surface area contributed by atoms with Gasteiger partial charge in [0.2, 0.25) is 0 Å². The zero-order chi connectivity index (χ0) is 13.5. The predicted octanol–water partition coefficient (Wildman–Crippen LogP) is 6.30. The Kier molecular flexibility index (Phi) is 8.16. The Morgan fingerprint density at radius 3 is 1.94 bits per heavy atom. The molecule has 0 aliphatic rings. The second kappa shape index (κ2) is 8.16. The van der Waals surface area contributed by atoms with Crippen LogP contribution in [-0.2, 0) is 0 Å². The number of hydrogen-bond donors (Lipinski definition) is 0. The summed E-state index contributed by atoms with van der Waals surface area (Å²) in [5, 5.41) is 0. The van der Waals surface area contributed by atoms with Gasteiger partial charge in [0, 0.05) is 0 Å². The van der Waals surface area contributed by atoms with E-state index in [9.17, 15) is 0 Å². The molecule has 104 valence electrons. The van der Waals surface area contributed by atoms with Gasteiger partial charge in [-0.2, -0.15) is 0 Å². The van der Waals surface area contributed by atoms with Gasteiger partial charge in [0.15, 0.2) is 0 Å². The Morgan fingerprint density at radius 2 is 1.47 bits per heavy atom. The summed E-state index contributed by atoms with van der Waals surface area (Å²) >= 11 is 0. The van der Waals surface area contributed by atoms with Gasteiger partial charge in [-0.25, -0.2) is 0 Å². The molecule has 0 nitrogen and oxygen atoms in total. The van der Waals surface area contributed by atoms with Crippen LogP contribution in [0.3, 0.4) is 0 Å². The molecule has 0 aliphatic heterocycles. The summed E-state index contributed by atoms with van der Waals surface area (Å²) in [5.74, 6) is 2.63. The lowest BCUT2D eigenvalue weighted by Crippen LogP contribution is -2.22. The van der Waals surface area contributed by atoms with Crippen molar-refractivity contribution in [1.29, 1.82) is 0 Å². The van der Waals surface area contributed by atoms with Gasteiger partial charge in [-0.15, -0.1) is 0 Å². The fourth-order valence-corrected chi connectivity index (χ4v) is 2.29. The highest BCUT2D eigenvalue weighted by Crippen LogP contribution is 2.36. The molecule has 0 radical (unpaired) electrons. The molecule has 0 heteroatoms. The summed E-state index contributed by atoms with van der Waals surface area (Å²) in [4.78, 5) is 0. The van der Waals surface area contributed by atoms with E-state index < -0.39 is 0 Å². The molecule has 0 bridgehead atoms. The van der Waals surface area contributed by atoms with Gasteiger partial charge in [-0.1, -0.05) is 80.6 Å². The van der Waals surface area contributed by atoms with Crippen LogP contribution in [0.1, 0.15) is 87.0 Å². The molecule has 0 saturated carbocycles. The van der Waals surface area contributed by atoms with Crippen LogP contribution in [-0.4, -0.2) is 0 Å². The van der Waals surface area contributed by atoms with E-state index in [1.807, 2.05) is 0 Å². The van der Waals surface area contributed by atoms with Crippen molar-refractivity contribution in [1.82, 2.24) is 0 Å². The highest BCUT2D eigenvalue weighted by atomic mass is 14.3. The molecule has 0 rings (SSSR count). The molecule has 0 fully saturated rings. The monoisotopic (exact) mass is 240 g/mol. The normalized spacial score (nSPS) is 16.2. The van der Waals surface area contributed by atoms with Gasteiger partial charge in [0.05, 0.1) is 0 Å². The maximum Gasteiger partial charge on any atom is -0.0328 e. The smallest absolute Gasteiger partial charge is 0.0328 e. The molecule has 0 aromatic carbocycles. The third-order valence-electron chi connectivity index (χ3n) is 4.73. The first-order valence-corrected chi connectivity index (χ1v) is 7.79. The molecule has 0 spiro atoms. The van der Waals surface area contributed by atoms with Gasteiger partial charge < -0.3 is 0 Å². The summed E-state index contributed by atoms with van der Waals surface area (Å²) in [6.07, 6.45) is 8.34. The van der Waals surface area contributed by atoms with Gasteiger partial charge in [0.25, 0.3) is 0 Å². The van der Waals surface area contributed by atoms with Crippen LogP contribution in [0.25, 0.3) is 0 Å². The Morgan fingerprint density at radius 1 is 0.882 bits per heavy atom. The standard InChI is InChI=1S/C17H36/c1-8-15(4)12-13-17(6,7)16(5)11-9-10-14(2)3/h14-16H,8-13H2,1-7H3. The predicted molar refractivity (Wildman–Crippen MR) is 80.3 cm³/mol. The third kappa shape index (κ3) is 7.84. The van der Waals surface area contributed by atoms with Crippen molar-refractivity contribution in [3.05, 3.63) is 0 Å². The minimum atomic E-state index is 0.528. The summed E-state index contributed by atoms with van der Waals surface area (Å²) in [5.41, 5.74) is 0.528. The summed E-state index contributed by atoms with van der Waals surface area (Å²) in [7, 11) is 0. The molecule has 0 N–H and O–H groups in total. The van der Waals surface area contributed by atoms with E-state index in [1.54, 1.807) is 0 Å². The zero-order valence-corrected chi connectivity index (χ0v) is 13.5. The van der Waals surface area contributed by atoms with Crippen LogP contribution >= 0.6 is 0 Å². The second-order valence-corrected chi connectivity index (χ2v) is 7.27. The minimum absolute atomic E-state index is 0.528. The largest absolute Gasteiger partial charge is 0.0651 e. The number of rotatable bonds is 9. The van der Waals surface area contributed by atoms with Crippen molar-refractivity contribution < 1.29 is 0 Å². The van der Waals surface area contributed by atoms with Crippen molar-refractivity contribution in [2.24, 2.45) is 23.2 Å². The molecule has 0 saturated heterocycles. The molecular weight excluding hydrogens is 204 g/mol. The highest BCUT2D eigenvalue weighted by molar-refractivity contribution is 4.76. The van der Waals surface area contributed by atoms with Gasteiger partial charge in [-0.05, 0) is 29.6 Å². The Hall–Kier alpha value is 0. The lowest BCUT2D eigenvalue weighted by Gasteiger charge is -2.33. The van der Waals surface area contributed by atoms with Gasteiger partial charge in [-0.3, -0.25) is 0 Å². The second-order valence-electron chi connectivity index (χ2n) is 7.27. The first-order chi connectivity index (χ1) is 7.79. The molecule has 0 amide bonds. The van der Waals surface area contributed by atoms with Crippen LogP contribution in [0.2, 0.25) is 0 Å². The fraction of sp³-hybridized carbons (Fsp3) is 1.00. The van der Waals surface area contributed by atoms with E-state index in [4.69, 9.17) is 0 Å². The lowest BCUT2D eigenvalue weighted by molar-refractivity contribution is 0.179. The quantitative estimate of drug-likeness (QED) is 0.443. The average molecular weight is 240 g/mol. The SMILES string of the molecule is CCC(C)CCC(C)(C)C(C)CCCC(C)C. The van der Waals surface area contributed by atoms with Crippen LogP contribution in [0.15, 0.2) is 0 Å². The summed E-state index contributed by atoms with van der Waals surface area (Å²) in [6.45, 7) is 16.8. The van der Waals surface area contributed by atoms with Gasteiger partial charge in [0.1, 0.15) is 0 Å². The van der Waals surface area contributed by atoms with Crippen molar-refractivity contribution >= 4 is 0 Å². The van der Waals surface area contributed by atoms with Gasteiger partial charge >= 0.3 is 0 Å². The maximum atomic E-state index is 2.47. The highest BCUT2D eigenvalue weighted by Gasteiger charge is 2.25. The molecule has 0 heterocycles. The van der Waals surface area contributed by atoms with Crippen molar-refractivity contribution in [2.75, 3.05) is 0 Å². The van der Waals surface area contributed by atoms with Crippen LogP contribution in [0.5, 0.6) is 0 Å². The summed E-state index contributed by atoms with van der Waals surface area (Å²) in [6, 6.07) is 0. The molecule has 2 atom stereocenters. The van der Waals surface area contributed by atoms with Crippen LogP contribution in [0.4, 0.5) is 0 Å². The Balaban J connectivity index is 3.93. The molecule has 0 aromatic rings. The van der Waals surface area contributed by atoms with E-state index in [-0.39, 0.29) is 0 Å². The zero-order valence-electron chi connectivity index (χ0n) is 13.5. The Bertz CT molecular complexity index is 178. The molecule has 0 aromatic heterocycles. The van der Waals surface area contributed by atoms with E-state index in [2.05, 4.69) is 48.5 Å². The first kappa shape index (κ1) is 17.0. The summed E-state index contributed by atoms with van der Waals surface area (Å²) < 4.78 is 0. The van der Waals surface area contributed by atoms with E-state index in [0.29, 0.717) is 5.41 Å². The molecule has 2 unspecified atom stereocenters. The average Bonchev–Trinajstić information content (AvgIpc) is 2.25. The van der Waals surface area contributed by atoms with Crippen LogP contribution < -0.4 is 0 Å². The van der Waals surface area contributed by atoms with E-state index in [1.165, 1.54) is 38.5 Å². The van der Waals surface area contributed by atoms with Crippen molar-refractivity contribution in [2.45, 2.75) is 87.0 Å². The number of hydrogen-bond acceptors (Lipinski definition) is 0. The van der Waals surface area contributed by atoms with Crippen LogP contribution in [0, 0.1) is 23.2 Å². The first-order valence-electron chi connectivity index (χ1n) is 7.79. The van der Waals surface area contributed by atoms with E-state index >= 15 is 0 Å². The molecular formula is C17H36. The topological polar surface area (TPSA) is 0 Å². The minimum Gasteiger partial charge on any atom is -0.0651 e. The molecule has 0 aliphatic carbocycles. The van der Waals surface area contributed by atoms with E-state index in [0.717, 1.165) is 17.8 Å². The van der Waals surface area contributed by atoms with Crippen molar-refractivity contribution in [3.8, 4) is 0 Å². The molecule has 17 heavy (non-hydrogen) atoms. The fourth-order valence-electron chi connectivity index (χ4n) is 2.29. The van der Waals surface area contributed by atoms with Crippen molar-refractivity contribution in [3.63, 3.8) is 0 Å².